The molecule has 0 saturated heterocycles. The molecule has 0 amide bonds. The van der Waals surface area contributed by atoms with Gasteiger partial charge in [-0.25, -0.2) is 9.78 Å². The van der Waals surface area contributed by atoms with E-state index in [1.165, 1.54) is 11.3 Å². The number of nitrogens with zero attached hydrogens (tertiary/aromatic N) is 2. The van der Waals surface area contributed by atoms with Crippen molar-refractivity contribution in [1.82, 2.24) is 9.38 Å². The third kappa shape index (κ3) is 2.35. The number of aromatic carboxylic acids is 1. The second-order valence-electron chi connectivity index (χ2n) is 4.93. The first kappa shape index (κ1) is 14.6. The molecule has 0 aliphatic heterocycles. The van der Waals surface area contributed by atoms with Crippen LogP contribution in [0.1, 0.15) is 29.5 Å². The molecule has 0 unspecified atom stereocenters. The SMILES string of the molecule is CCCc1nc2scc(-c3cccc(OC)c3)n2c1C(=O)O. The molecule has 0 aliphatic carbocycles. The van der Waals surface area contributed by atoms with Crippen molar-refractivity contribution in [1.29, 1.82) is 0 Å². The van der Waals surface area contributed by atoms with E-state index in [1.54, 1.807) is 11.5 Å². The van der Waals surface area contributed by atoms with Crippen molar-refractivity contribution in [3.05, 3.63) is 41.0 Å². The summed E-state index contributed by atoms with van der Waals surface area (Å²) in [6.07, 6.45) is 1.52. The van der Waals surface area contributed by atoms with Crippen molar-refractivity contribution in [3.8, 4) is 17.0 Å². The Labute approximate surface area is 131 Å². The van der Waals surface area contributed by atoms with Gasteiger partial charge in [-0.3, -0.25) is 4.40 Å². The molecular formula is C16H16N2O3S. The van der Waals surface area contributed by atoms with Gasteiger partial charge in [-0.05, 0) is 18.6 Å². The first-order chi connectivity index (χ1) is 10.7. The summed E-state index contributed by atoms with van der Waals surface area (Å²) in [5.41, 5.74) is 2.64. The Bertz CT molecular complexity index is 835. The highest BCUT2D eigenvalue weighted by atomic mass is 32.1. The Kier molecular flexibility index (Phi) is 3.85. The van der Waals surface area contributed by atoms with Gasteiger partial charge in [0.2, 0.25) is 0 Å². The second-order valence-corrected chi connectivity index (χ2v) is 5.77. The lowest BCUT2D eigenvalue weighted by Crippen LogP contribution is -2.06. The number of hydrogen-bond donors (Lipinski definition) is 1. The van der Waals surface area contributed by atoms with E-state index >= 15 is 0 Å². The Morgan fingerprint density at radius 2 is 2.27 bits per heavy atom. The van der Waals surface area contributed by atoms with Gasteiger partial charge in [0.05, 0.1) is 18.5 Å². The first-order valence-corrected chi connectivity index (χ1v) is 7.90. The molecule has 0 saturated carbocycles. The van der Waals surface area contributed by atoms with Crippen LogP contribution in [0.25, 0.3) is 16.2 Å². The number of fused-ring (bicyclic) bond motifs is 1. The van der Waals surface area contributed by atoms with Gasteiger partial charge < -0.3 is 9.84 Å². The molecule has 0 radical (unpaired) electrons. The van der Waals surface area contributed by atoms with E-state index in [2.05, 4.69) is 4.98 Å². The molecule has 2 aromatic heterocycles. The Morgan fingerprint density at radius 3 is 2.95 bits per heavy atom. The molecular weight excluding hydrogens is 300 g/mol. The predicted octanol–water partition coefficient (Wildman–Crippen LogP) is 3.72. The molecule has 3 aromatic rings. The van der Waals surface area contributed by atoms with Crippen LogP contribution in [0.4, 0.5) is 0 Å². The lowest BCUT2D eigenvalue weighted by atomic mass is 10.1. The third-order valence-electron chi connectivity index (χ3n) is 3.49. The average Bonchev–Trinajstić information content (AvgIpc) is 3.06. The minimum Gasteiger partial charge on any atom is -0.497 e. The third-order valence-corrected chi connectivity index (χ3v) is 4.32. The normalized spacial score (nSPS) is 11.0. The highest BCUT2D eigenvalue weighted by Crippen LogP contribution is 2.31. The highest BCUT2D eigenvalue weighted by Gasteiger charge is 2.22. The van der Waals surface area contributed by atoms with Crippen molar-refractivity contribution in [2.24, 2.45) is 0 Å². The monoisotopic (exact) mass is 316 g/mol. The number of carboxylic acid groups (broad SMARTS) is 1. The number of methoxy groups -OCH3 is 1. The number of imidazole rings is 1. The summed E-state index contributed by atoms with van der Waals surface area (Å²) in [6, 6.07) is 7.59. The van der Waals surface area contributed by atoms with Crippen molar-refractivity contribution in [2.75, 3.05) is 7.11 Å². The molecule has 0 atom stereocenters. The van der Waals surface area contributed by atoms with E-state index in [4.69, 9.17) is 4.74 Å². The van der Waals surface area contributed by atoms with Crippen LogP contribution >= 0.6 is 11.3 Å². The Balaban J connectivity index is 2.24. The van der Waals surface area contributed by atoms with Gasteiger partial charge in [-0.1, -0.05) is 25.5 Å². The van der Waals surface area contributed by atoms with E-state index < -0.39 is 5.97 Å². The van der Waals surface area contributed by atoms with Crippen molar-refractivity contribution >= 4 is 22.3 Å². The largest absolute Gasteiger partial charge is 0.497 e. The number of thiazole rings is 1. The summed E-state index contributed by atoms with van der Waals surface area (Å²) in [5.74, 6) is -0.207. The first-order valence-electron chi connectivity index (χ1n) is 7.02. The summed E-state index contributed by atoms with van der Waals surface area (Å²) in [6.45, 7) is 2.02. The van der Waals surface area contributed by atoms with Crippen LogP contribution in [0.2, 0.25) is 0 Å². The maximum absolute atomic E-state index is 11.7. The van der Waals surface area contributed by atoms with E-state index in [0.29, 0.717) is 17.1 Å². The van der Waals surface area contributed by atoms with Gasteiger partial charge in [0, 0.05) is 10.9 Å². The lowest BCUT2D eigenvalue weighted by molar-refractivity contribution is 0.0688. The van der Waals surface area contributed by atoms with Crippen LogP contribution in [0, 0.1) is 0 Å². The number of rotatable bonds is 5. The molecule has 5 nitrogen and oxygen atoms in total. The van der Waals surface area contributed by atoms with E-state index in [0.717, 1.165) is 23.4 Å². The highest BCUT2D eigenvalue weighted by molar-refractivity contribution is 7.15. The summed E-state index contributed by atoms with van der Waals surface area (Å²) >= 11 is 1.45. The number of benzene rings is 1. The maximum atomic E-state index is 11.7. The van der Waals surface area contributed by atoms with Gasteiger partial charge in [0.1, 0.15) is 5.75 Å². The molecule has 2 heterocycles. The average molecular weight is 316 g/mol. The molecule has 0 fully saturated rings. The zero-order chi connectivity index (χ0) is 15.7. The number of ether oxygens (including phenoxy) is 1. The van der Waals surface area contributed by atoms with Gasteiger partial charge in [0.15, 0.2) is 10.7 Å². The summed E-state index contributed by atoms with van der Waals surface area (Å²) in [7, 11) is 1.61. The molecule has 22 heavy (non-hydrogen) atoms. The minimum absolute atomic E-state index is 0.260. The zero-order valence-corrected chi connectivity index (χ0v) is 13.2. The fourth-order valence-corrected chi connectivity index (χ4v) is 3.43. The molecule has 114 valence electrons. The molecule has 1 aromatic carbocycles. The zero-order valence-electron chi connectivity index (χ0n) is 12.4. The van der Waals surface area contributed by atoms with E-state index in [-0.39, 0.29) is 5.69 Å². The second kappa shape index (κ2) is 5.81. The molecule has 0 bridgehead atoms. The van der Waals surface area contributed by atoms with Crippen LogP contribution in [0.5, 0.6) is 5.75 Å². The molecule has 1 N–H and O–H groups in total. The minimum atomic E-state index is -0.946. The number of aromatic nitrogens is 2. The van der Waals surface area contributed by atoms with Crippen molar-refractivity contribution in [2.45, 2.75) is 19.8 Å². The van der Waals surface area contributed by atoms with Gasteiger partial charge in [-0.15, -0.1) is 11.3 Å². The lowest BCUT2D eigenvalue weighted by Gasteiger charge is -2.05. The number of aryl methyl sites for hydroxylation is 1. The van der Waals surface area contributed by atoms with Gasteiger partial charge >= 0.3 is 5.97 Å². The van der Waals surface area contributed by atoms with E-state index in [9.17, 15) is 9.90 Å². The fraction of sp³-hybridized carbons (Fsp3) is 0.250. The van der Waals surface area contributed by atoms with Gasteiger partial charge in [0.25, 0.3) is 0 Å². The molecule has 0 aliphatic rings. The standard InChI is InChI=1S/C16H16N2O3S/c1-3-5-12-14(15(19)20)18-13(9-22-16(18)17-12)10-6-4-7-11(8-10)21-2/h4,6-9H,3,5H2,1-2H3,(H,19,20). The Hall–Kier alpha value is -2.34. The topological polar surface area (TPSA) is 63.8 Å². The van der Waals surface area contributed by atoms with Crippen molar-refractivity contribution < 1.29 is 14.6 Å². The van der Waals surface area contributed by atoms with Crippen molar-refractivity contribution in [3.63, 3.8) is 0 Å². The molecule has 3 rings (SSSR count). The van der Waals surface area contributed by atoms with Gasteiger partial charge in [-0.2, -0.15) is 0 Å². The quantitative estimate of drug-likeness (QED) is 0.779. The summed E-state index contributed by atoms with van der Waals surface area (Å²) in [4.78, 5) is 16.9. The summed E-state index contributed by atoms with van der Waals surface area (Å²) in [5, 5.41) is 11.5. The number of carbonyl (C=O) groups is 1. The Morgan fingerprint density at radius 1 is 1.45 bits per heavy atom. The van der Waals surface area contributed by atoms with Crippen LogP contribution < -0.4 is 4.74 Å². The number of carboxylic acids is 1. The van der Waals surface area contributed by atoms with Crippen LogP contribution in [-0.4, -0.2) is 27.6 Å². The van der Waals surface area contributed by atoms with Crippen LogP contribution in [0.3, 0.4) is 0 Å². The number of hydrogen-bond acceptors (Lipinski definition) is 4. The fourth-order valence-electron chi connectivity index (χ4n) is 2.52. The molecule has 6 heteroatoms. The smallest absolute Gasteiger partial charge is 0.354 e. The maximum Gasteiger partial charge on any atom is 0.354 e. The summed E-state index contributed by atoms with van der Waals surface area (Å²) < 4.78 is 6.98. The van der Waals surface area contributed by atoms with E-state index in [1.807, 2.05) is 36.6 Å². The van der Waals surface area contributed by atoms with Crippen LogP contribution in [0.15, 0.2) is 29.6 Å². The molecule has 0 spiro atoms. The predicted molar refractivity (Wildman–Crippen MR) is 86.0 cm³/mol. The van der Waals surface area contributed by atoms with Crippen LogP contribution in [-0.2, 0) is 6.42 Å².